The molecule has 1 fully saturated rings. The minimum Gasteiger partial charge on any atom is -0.381 e. The van der Waals surface area contributed by atoms with Gasteiger partial charge in [-0.25, -0.2) is 0 Å². The first-order chi connectivity index (χ1) is 7.74. The van der Waals surface area contributed by atoms with E-state index >= 15 is 0 Å². The zero-order valence-electron chi connectivity index (χ0n) is 10.0. The van der Waals surface area contributed by atoms with Gasteiger partial charge in [0, 0.05) is 17.6 Å². The Hall–Kier alpha value is -1.24. The first kappa shape index (κ1) is 9.95. The van der Waals surface area contributed by atoms with Gasteiger partial charge >= 0.3 is 0 Å². The molecule has 2 aliphatic carbocycles. The summed E-state index contributed by atoms with van der Waals surface area (Å²) in [6.45, 7) is 4.34. The zero-order valence-corrected chi connectivity index (χ0v) is 10.0. The number of nitrogens with one attached hydrogen (secondary N) is 1. The minimum absolute atomic E-state index is 0.671. The molecule has 0 heterocycles. The molecule has 0 saturated heterocycles. The minimum atomic E-state index is 0.671. The highest BCUT2D eigenvalue weighted by Gasteiger charge is 2.40. The van der Waals surface area contributed by atoms with Crippen LogP contribution in [0.5, 0.6) is 0 Å². The zero-order chi connectivity index (χ0) is 11.1. The Morgan fingerprint density at radius 1 is 1.25 bits per heavy atom. The lowest BCUT2D eigenvalue weighted by atomic mass is 9.71. The van der Waals surface area contributed by atoms with Gasteiger partial charge in [0.15, 0.2) is 0 Å². The number of hydrogen-bond donors (Lipinski definition) is 1. The largest absolute Gasteiger partial charge is 0.381 e. The van der Waals surface area contributed by atoms with Gasteiger partial charge in [0.1, 0.15) is 0 Å². The van der Waals surface area contributed by atoms with E-state index in [4.69, 9.17) is 0 Å². The third kappa shape index (κ3) is 1.55. The van der Waals surface area contributed by atoms with Gasteiger partial charge in [-0.05, 0) is 44.2 Å². The van der Waals surface area contributed by atoms with Crippen LogP contribution >= 0.6 is 0 Å². The monoisotopic (exact) mass is 213 g/mol. The van der Waals surface area contributed by atoms with E-state index in [1.165, 1.54) is 29.7 Å². The van der Waals surface area contributed by atoms with Crippen molar-refractivity contribution in [3.8, 4) is 0 Å². The van der Waals surface area contributed by atoms with Crippen molar-refractivity contribution in [1.82, 2.24) is 0 Å². The molecular formula is C15H19N. The lowest BCUT2D eigenvalue weighted by Gasteiger charge is -2.41. The number of aryl methyl sites for hydroxylation is 2. The molecule has 0 amide bonds. The number of rotatable bonds is 2. The summed E-state index contributed by atoms with van der Waals surface area (Å²) in [6.07, 6.45) is 7.38. The van der Waals surface area contributed by atoms with Crippen LogP contribution in [0.15, 0.2) is 30.4 Å². The molecule has 3 unspecified atom stereocenters. The van der Waals surface area contributed by atoms with E-state index < -0.39 is 0 Å². The van der Waals surface area contributed by atoms with Crippen molar-refractivity contribution in [1.29, 1.82) is 0 Å². The number of benzene rings is 1. The van der Waals surface area contributed by atoms with Gasteiger partial charge in [-0.15, -0.1) is 0 Å². The molecule has 3 atom stereocenters. The summed E-state index contributed by atoms with van der Waals surface area (Å²) in [5, 5.41) is 3.69. The van der Waals surface area contributed by atoms with Crippen LogP contribution in [-0.4, -0.2) is 6.04 Å². The smallest absolute Gasteiger partial charge is 0.0372 e. The van der Waals surface area contributed by atoms with E-state index in [2.05, 4.69) is 49.5 Å². The number of anilines is 1. The Bertz CT molecular complexity index is 433. The predicted octanol–water partition coefficient (Wildman–Crippen LogP) is 3.68. The molecule has 3 rings (SSSR count). The van der Waals surface area contributed by atoms with Crippen molar-refractivity contribution in [2.24, 2.45) is 11.8 Å². The molecule has 1 N–H and O–H groups in total. The van der Waals surface area contributed by atoms with Gasteiger partial charge in [-0.2, -0.15) is 0 Å². The molecule has 1 saturated carbocycles. The molecule has 0 bridgehead atoms. The Morgan fingerprint density at radius 3 is 2.88 bits per heavy atom. The molecule has 0 radical (unpaired) electrons. The van der Waals surface area contributed by atoms with Crippen LogP contribution in [0.4, 0.5) is 5.69 Å². The van der Waals surface area contributed by atoms with E-state index in [1.807, 2.05) is 0 Å². The fourth-order valence-corrected chi connectivity index (χ4v) is 3.06. The van der Waals surface area contributed by atoms with Gasteiger partial charge in [0.05, 0.1) is 0 Å². The highest BCUT2D eigenvalue weighted by atomic mass is 15.0. The van der Waals surface area contributed by atoms with Crippen LogP contribution in [0.25, 0.3) is 0 Å². The van der Waals surface area contributed by atoms with Crippen LogP contribution in [0.3, 0.4) is 0 Å². The maximum atomic E-state index is 3.69. The summed E-state index contributed by atoms with van der Waals surface area (Å²) in [5.41, 5.74) is 4.02. The summed E-state index contributed by atoms with van der Waals surface area (Å²) in [4.78, 5) is 0. The summed E-state index contributed by atoms with van der Waals surface area (Å²) in [6, 6.07) is 7.33. The Morgan fingerprint density at radius 2 is 2.12 bits per heavy atom. The Balaban J connectivity index is 1.73. The Kier molecular flexibility index (Phi) is 2.27. The van der Waals surface area contributed by atoms with Crippen molar-refractivity contribution in [3.05, 3.63) is 41.5 Å². The van der Waals surface area contributed by atoms with Gasteiger partial charge < -0.3 is 5.32 Å². The average molecular weight is 213 g/mol. The van der Waals surface area contributed by atoms with Gasteiger partial charge in [-0.1, -0.05) is 29.8 Å². The fraction of sp³-hybridized carbons (Fsp3) is 0.467. The molecule has 1 nitrogen and oxygen atoms in total. The lowest BCUT2D eigenvalue weighted by Crippen LogP contribution is -2.43. The standard InChI is InChI=1S/C15H19N/c1-10-6-7-14(11(2)8-10)16-15-9-12-4-3-5-13(12)15/h3,5-8,12-13,15-16H,4,9H2,1-2H3. The summed E-state index contributed by atoms with van der Waals surface area (Å²) < 4.78 is 0. The second kappa shape index (κ2) is 3.65. The predicted molar refractivity (Wildman–Crippen MR) is 68.7 cm³/mol. The third-order valence-electron chi connectivity index (χ3n) is 4.09. The summed E-state index contributed by atoms with van der Waals surface area (Å²) in [5.74, 6) is 1.73. The highest BCUT2D eigenvalue weighted by molar-refractivity contribution is 5.53. The van der Waals surface area contributed by atoms with E-state index in [0.717, 1.165) is 11.8 Å². The van der Waals surface area contributed by atoms with Crippen LogP contribution in [0.1, 0.15) is 24.0 Å². The first-order valence-corrected chi connectivity index (χ1v) is 6.24. The second-order valence-electron chi connectivity index (χ2n) is 5.31. The molecule has 1 heteroatoms. The maximum Gasteiger partial charge on any atom is 0.0372 e. The average Bonchev–Trinajstić information content (AvgIpc) is 2.59. The fourth-order valence-electron chi connectivity index (χ4n) is 3.06. The van der Waals surface area contributed by atoms with E-state index in [-0.39, 0.29) is 0 Å². The molecule has 1 aromatic carbocycles. The van der Waals surface area contributed by atoms with Crippen LogP contribution in [0, 0.1) is 25.7 Å². The molecule has 16 heavy (non-hydrogen) atoms. The number of hydrogen-bond acceptors (Lipinski definition) is 1. The first-order valence-electron chi connectivity index (χ1n) is 6.24. The van der Waals surface area contributed by atoms with Crippen molar-refractivity contribution >= 4 is 5.69 Å². The molecule has 0 aromatic heterocycles. The van der Waals surface area contributed by atoms with Crippen LogP contribution in [-0.2, 0) is 0 Å². The third-order valence-corrected chi connectivity index (χ3v) is 4.09. The normalized spacial score (nSPS) is 31.0. The highest BCUT2D eigenvalue weighted by Crippen LogP contribution is 2.44. The molecule has 1 aromatic rings. The number of allylic oxidation sites excluding steroid dienone is 1. The van der Waals surface area contributed by atoms with E-state index in [1.54, 1.807) is 0 Å². The van der Waals surface area contributed by atoms with Crippen LogP contribution in [0.2, 0.25) is 0 Å². The molecule has 2 aliphatic rings. The van der Waals surface area contributed by atoms with Gasteiger partial charge in [-0.3, -0.25) is 0 Å². The van der Waals surface area contributed by atoms with Crippen LogP contribution < -0.4 is 5.32 Å². The summed E-state index contributed by atoms with van der Waals surface area (Å²) >= 11 is 0. The maximum absolute atomic E-state index is 3.69. The molecule has 0 spiro atoms. The summed E-state index contributed by atoms with van der Waals surface area (Å²) in [7, 11) is 0. The van der Waals surface area contributed by atoms with Gasteiger partial charge in [0.25, 0.3) is 0 Å². The van der Waals surface area contributed by atoms with Crippen molar-refractivity contribution in [3.63, 3.8) is 0 Å². The molecular weight excluding hydrogens is 194 g/mol. The second-order valence-corrected chi connectivity index (χ2v) is 5.31. The quantitative estimate of drug-likeness (QED) is 0.739. The van der Waals surface area contributed by atoms with Crippen molar-refractivity contribution < 1.29 is 0 Å². The van der Waals surface area contributed by atoms with Gasteiger partial charge in [0.2, 0.25) is 0 Å². The lowest BCUT2D eigenvalue weighted by molar-refractivity contribution is 0.218. The molecule has 84 valence electrons. The van der Waals surface area contributed by atoms with Crippen molar-refractivity contribution in [2.45, 2.75) is 32.7 Å². The van der Waals surface area contributed by atoms with Crippen molar-refractivity contribution in [2.75, 3.05) is 5.32 Å². The topological polar surface area (TPSA) is 12.0 Å². The molecule has 0 aliphatic heterocycles. The Labute approximate surface area is 97.6 Å². The van der Waals surface area contributed by atoms with E-state index in [9.17, 15) is 0 Å². The SMILES string of the molecule is Cc1ccc(NC2CC3CC=CC32)c(C)c1. The number of fused-ring (bicyclic) bond motifs is 1. The van der Waals surface area contributed by atoms with E-state index in [0.29, 0.717) is 6.04 Å².